The zero-order valence-electron chi connectivity index (χ0n) is 16.0. The van der Waals surface area contributed by atoms with Gasteiger partial charge in [0.1, 0.15) is 0 Å². The Morgan fingerprint density at radius 2 is 1.79 bits per heavy atom. The summed E-state index contributed by atoms with van der Waals surface area (Å²) < 4.78 is 11.5. The first-order valence-corrected chi connectivity index (χ1v) is 10.3. The van der Waals surface area contributed by atoms with E-state index in [-0.39, 0.29) is 10.2 Å². The summed E-state index contributed by atoms with van der Waals surface area (Å²) in [6.45, 7) is 4.82. The molecule has 0 saturated carbocycles. The summed E-state index contributed by atoms with van der Waals surface area (Å²) in [7, 11) is 0. The van der Waals surface area contributed by atoms with Crippen molar-refractivity contribution in [1.29, 1.82) is 0 Å². The highest BCUT2D eigenvalue weighted by Crippen LogP contribution is 2.34. The molecular formula is C21H20N2O4S2. The number of ether oxygens (including phenoxy) is 2. The number of thiocarbonyl (C=S) groups is 1. The molecule has 150 valence electrons. The van der Waals surface area contributed by atoms with Gasteiger partial charge >= 0.3 is 0 Å². The van der Waals surface area contributed by atoms with Gasteiger partial charge in [0.2, 0.25) is 0 Å². The third-order valence-electron chi connectivity index (χ3n) is 3.91. The molecule has 3 rings (SSSR count). The standard InChI is InChI=1S/C21H20N2O4S2/c1-3-26-16-11-10-14(12-17(16)27-4-2)13-18-20(25)23(21(28)29-18)22-19(24)15-8-6-5-7-9-15/h5-13H,3-4H2,1-2H3,(H,22,24)/b18-13+. The number of nitrogens with one attached hydrogen (secondary N) is 1. The highest BCUT2D eigenvalue weighted by molar-refractivity contribution is 8.26. The van der Waals surface area contributed by atoms with Crippen LogP contribution in [0.4, 0.5) is 0 Å². The van der Waals surface area contributed by atoms with Crippen LogP contribution in [0.2, 0.25) is 0 Å². The molecule has 0 aliphatic carbocycles. The first-order valence-electron chi connectivity index (χ1n) is 9.07. The molecule has 2 amide bonds. The topological polar surface area (TPSA) is 67.9 Å². The lowest BCUT2D eigenvalue weighted by atomic mass is 10.2. The monoisotopic (exact) mass is 428 g/mol. The summed E-state index contributed by atoms with van der Waals surface area (Å²) in [5.74, 6) is 0.476. The maximum Gasteiger partial charge on any atom is 0.285 e. The van der Waals surface area contributed by atoms with Crippen LogP contribution >= 0.6 is 24.0 Å². The molecule has 2 aromatic carbocycles. The van der Waals surface area contributed by atoms with E-state index >= 15 is 0 Å². The molecule has 1 fully saturated rings. The van der Waals surface area contributed by atoms with Crippen LogP contribution in [0, 0.1) is 0 Å². The second kappa shape index (κ2) is 9.58. The molecule has 2 aromatic rings. The highest BCUT2D eigenvalue weighted by Gasteiger charge is 2.33. The minimum atomic E-state index is -0.400. The molecular weight excluding hydrogens is 408 g/mol. The predicted molar refractivity (Wildman–Crippen MR) is 118 cm³/mol. The molecule has 1 aliphatic heterocycles. The fraction of sp³-hybridized carbons (Fsp3) is 0.190. The zero-order chi connectivity index (χ0) is 20.8. The van der Waals surface area contributed by atoms with Crippen LogP contribution in [-0.4, -0.2) is 34.4 Å². The quantitative estimate of drug-likeness (QED) is 0.531. The van der Waals surface area contributed by atoms with E-state index in [9.17, 15) is 9.59 Å². The third kappa shape index (κ3) is 4.96. The van der Waals surface area contributed by atoms with Crippen LogP contribution in [0.3, 0.4) is 0 Å². The van der Waals surface area contributed by atoms with Gasteiger partial charge in [-0.3, -0.25) is 15.0 Å². The molecule has 0 spiro atoms. The zero-order valence-corrected chi connectivity index (χ0v) is 17.6. The van der Waals surface area contributed by atoms with Crippen molar-refractivity contribution in [2.45, 2.75) is 13.8 Å². The van der Waals surface area contributed by atoms with Crippen LogP contribution < -0.4 is 14.9 Å². The predicted octanol–water partition coefficient (Wildman–Crippen LogP) is 4.03. The van der Waals surface area contributed by atoms with E-state index in [2.05, 4.69) is 5.43 Å². The molecule has 1 saturated heterocycles. The number of amides is 2. The van der Waals surface area contributed by atoms with Crippen molar-refractivity contribution in [3.63, 3.8) is 0 Å². The van der Waals surface area contributed by atoms with Crippen LogP contribution in [0.1, 0.15) is 29.8 Å². The fourth-order valence-electron chi connectivity index (χ4n) is 2.63. The molecule has 8 heteroatoms. The van der Waals surface area contributed by atoms with Gasteiger partial charge in [0.15, 0.2) is 15.8 Å². The Labute approximate surface area is 178 Å². The highest BCUT2D eigenvalue weighted by atomic mass is 32.2. The number of thioether (sulfide) groups is 1. The van der Waals surface area contributed by atoms with E-state index in [0.29, 0.717) is 35.2 Å². The lowest BCUT2D eigenvalue weighted by Gasteiger charge is -2.15. The molecule has 0 aromatic heterocycles. The van der Waals surface area contributed by atoms with Gasteiger partial charge in [-0.15, -0.1) is 0 Å². The van der Waals surface area contributed by atoms with Gasteiger partial charge in [-0.1, -0.05) is 36.0 Å². The molecule has 29 heavy (non-hydrogen) atoms. The number of nitrogens with zero attached hydrogens (tertiary/aromatic N) is 1. The molecule has 0 radical (unpaired) electrons. The normalized spacial score (nSPS) is 15.0. The van der Waals surface area contributed by atoms with Crippen molar-refractivity contribution >= 4 is 46.2 Å². The maximum atomic E-state index is 12.7. The smallest absolute Gasteiger partial charge is 0.285 e. The summed E-state index contributed by atoms with van der Waals surface area (Å²) in [5.41, 5.74) is 3.78. The lowest BCUT2D eigenvalue weighted by Crippen LogP contribution is -2.44. The number of rotatable bonds is 7. The van der Waals surface area contributed by atoms with Crippen LogP contribution in [-0.2, 0) is 4.79 Å². The second-order valence-corrected chi connectivity index (χ2v) is 7.57. The van der Waals surface area contributed by atoms with Gasteiger partial charge in [0.25, 0.3) is 11.8 Å². The van der Waals surface area contributed by atoms with Crippen molar-refractivity contribution in [2.75, 3.05) is 13.2 Å². The number of benzene rings is 2. The Bertz CT molecular complexity index is 960. The van der Waals surface area contributed by atoms with E-state index in [4.69, 9.17) is 21.7 Å². The minimum Gasteiger partial charge on any atom is -0.490 e. The Morgan fingerprint density at radius 1 is 1.10 bits per heavy atom. The number of carbonyl (C=O) groups is 2. The van der Waals surface area contributed by atoms with Crippen LogP contribution in [0.5, 0.6) is 11.5 Å². The summed E-state index contributed by atoms with van der Waals surface area (Å²) in [4.78, 5) is 25.5. The molecule has 1 heterocycles. The van der Waals surface area contributed by atoms with Crippen LogP contribution in [0.15, 0.2) is 53.4 Å². The first kappa shape index (κ1) is 20.9. The van der Waals surface area contributed by atoms with Gasteiger partial charge in [-0.25, -0.2) is 0 Å². The van der Waals surface area contributed by atoms with E-state index < -0.39 is 5.91 Å². The molecule has 0 atom stereocenters. The number of hydrogen-bond donors (Lipinski definition) is 1. The summed E-state index contributed by atoms with van der Waals surface area (Å²) in [6.07, 6.45) is 1.71. The summed E-state index contributed by atoms with van der Waals surface area (Å²) >= 11 is 6.40. The van der Waals surface area contributed by atoms with Gasteiger partial charge in [-0.05, 0) is 62.0 Å². The number of hydrogen-bond acceptors (Lipinski definition) is 6. The molecule has 0 bridgehead atoms. The van der Waals surface area contributed by atoms with E-state index in [0.717, 1.165) is 22.3 Å². The molecule has 6 nitrogen and oxygen atoms in total. The average molecular weight is 429 g/mol. The number of hydrazine groups is 1. The Balaban J connectivity index is 1.79. The van der Waals surface area contributed by atoms with E-state index in [1.807, 2.05) is 32.0 Å². The maximum absolute atomic E-state index is 12.7. The van der Waals surface area contributed by atoms with Crippen molar-refractivity contribution in [3.8, 4) is 11.5 Å². The summed E-state index contributed by atoms with van der Waals surface area (Å²) in [5, 5.41) is 1.10. The first-order chi connectivity index (χ1) is 14.0. The SMILES string of the molecule is CCOc1ccc(/C=C2/SC(=S)N(NC(=O)c3ccccc3)C2=O)cc1OCC. The molecule has 0 unspecified atom stereocenters. The summed E-state index contributed by atoms with van der Waals surface area (Å²) in [6, 6.07) is 14.1. The Morgan fingerprint density at radius 3 is 2.48 bits per heavy atom. The van der Waals surface area contributed by atoms with Gasteiger partial charge < -0.3 is 9.47 Å². The van der Waals surface area contributed by atoms with Gasteiger partial charge in [-0.2, -0.15) is 5.01 Å². The van der Waals surface area contributed by atoms with Crippen molar-refractivity contribution in [2.24, 2.45) is 0 Å². The third-order valence-corrected chi connectivity index (χ3v) is 5.21. The van der Waals surface area contributed by atoms with Crippen LogP contribution in [0.25, 0.3) is 6.08 Å². The van der Waals surface area contributed by atoms with Gasteiger partial charge in [0, 0.05) is 5.56 Å². The van der Waals surface area contributed by atoms with Gasteiger partial charge in [0.05, 0.1) is 18.1 Å². The second-order valence-electron chi connectivity index (χ2n) is 5.90. The Hall–Kier alpha value is -2.84. The minimum absolute atomic E-state index is 0.265. The van der Waals surface area contributed by atoms with E-state index in [1.165, 1.54) is 0 Å². The fourth-order valence-corrected chi connectivity index (χ4v) is 3.81. The van der Waals surface area contributed by atoms with Crippen molar-refractivity contribution in [3.05, 3.63) is 64.6 Å². The molecule has 1 aliphatic rings. The largest absolute Gasteiger partial charge is 0.490 e. The lowest BCUT2D eigenvalue weighted by molar-refractivity contribution is -0.123. The molecule has 1 N–H and O–H groups in total. The average Bonchev–Trinajstić information content (AvgIpc) is 2.98. The number of carbonyl (C=O) groups excluding carboxylic acids is 2. The van der Waals surface area contributed by atoms with E-state index in [1.54, 1.807) is 36.4 Å². The van der Waals surface area contributed by atoms with Crippen molar-refractivity contribution in [1.82, 2.24) is 10.4 Å². The van der Waals surface area contributed by atoms with Crippen molar-refractivity contribution < 1.29 is 19.1 Å². The Kier molecular flexibility index (Phi) is 6.90.